The summed E-state index contributed by atoms with van der Waals surface area (Å²) >= 11 is 0. The van der Waals surface area contributed by atoms with E-state index in [-0.39, 0.29) is 18.2 Å². The predicted octanol–water partition coefficient (Wildman–Crippen LogP) is 3.07. The highest BCUT2D eigenvalue weighted by atomic mass is 16.2. The van der Waals surface area contributed by atoms with Crippen molar-refractivity contribution in [2.24, 2.45) is 0 Å². The number of hydrogen-bond acceptors (Lipinski definition) is 3. The average molecular weight is 343 g/mol. The van der Waals surface area contributed by atoms with E-state index >= 15 is 0 Å². The molecule has 5 nitrogen and oxygen atoms in total. The summed E-state index contributed by atoms with van der Waals surface area (Å²) in [5.41, 5.74) is 3.94. The number of aromatic nitrogens is 2. The number of Topliss-reactive ketones (excluding diaryl/α,β-unsaturated/α-hetero) is 1. The van der Waals surface area contributed by atoms with E-state index in [9.17, 15) is 9.59 Å². The van der Waals surface area contributed by atoms with Gasteiger partial charge in [-0.05, 0) is 28.3 Å². The summed E-state index contributed by atoms with van der Waals surface area (Å²) in [7, 11) is 0. The third-order valence-electron chi connectivity index (χ3n) is 4.46. The Bertz CT molecular complexity index is 976. The first kappa shape index (κ1) is 16.0. The zero-order valence-electron chi connectivity index (χ0n) is 14.0. The number of nitrogens with one attached hydrogen (secondary N) is 1. The number of rotatable bonds is 2. The first-order chi connectivity index (χ1) is 12.7. The summed E-state index contributed by atoms with van der Waals surface area (Å²) in [5.74, 6) is -0.0446. The van der Waals surface area contributed by atoms with Crippen LogP contribution in [0.5, 0.6) is 0 Å². The molecule has 1 atom stereocenters. The van der Waals surface area contributed by atoms with Gasteiger partial charge in [0.25, 0.3) is 0 Å². The van der Waals surface area contributed by atoms with Gasteiger partial charge >= 0.3 is 6.03 Å². The molecule has 1 aliphatic rings. The number of fused-ring (bicyclic) bond motifs is 1. The smallest absolute Gasteiger partial charge is 0.324 e. The Hall–Kier alpha value is -3.47. The van der Waals surface area contributed by atoms with Crippen molar-refractivity contribution >= 4 is 17.4 Å². The lowest BCUT2D eigenvalue weighted by Gasteiger charge is -2.14. The van der Waals surface area contributed by atoms with Crippen LogP contribution < -0.4 is 5.32 Å². The lowest BCUT2D eigenvalue weighted by atomic mass is 9.94. The molecule has 3 aromatic rings. The molecular formula is C21H17N3O2. The Morgan fingerprint density at radius 1 is 1.08 bits per heavy atom. The van der Waals surface area contributed by atoms with E-state index in [4.69, 9.17) is 0 Å². The number of hydrogen-bond donors (Lipinski definition) is 1. The molecule has 26 heavy (non-hydrogen) atoms. The quantitative estimate of drug-likeness (QED) is 0.778. The lowest BCUT2D eigenvalue weighted by molar-refractivity contribution is -0.119. The van der Waals surface area contributed by atoms with Crippen LogP contribution in [0.1, 0.15) is 16.7 Å². The van der Waals surface area contributed by atoms with Crippen molar-refractivity contribution in [1.29, 1.82) is 0 Å². The molecule has 5 heteroatoms. The average Bonchev–Trinajstić information content (AvgIpc) is 3.17. The van der Waals surface area contributed by atoms with Gasteiger partial charge in [-0.25, -0.2) is 9.78 Å². The standard InChI is InChI=1S/C21H17N3O2/c25-20-12-16-8-4-5-9-17(16)18(15-6-2-1-3-7-15)13-19(20)23-21(26)24-11-10-22-14-24/h1-11,13-14,19H,12H2,(H,23,26)/t19-/m0/s1. The van der Waals surface area contributed by atoms with Crippen molar-refractivity contribution < 1.29 is 9.59 Å². The van der Waals surface area contributed by atoms with Crippen molar-refractivity contribution in [2.75, 3.05) is 0 Å². The molecule has 0 fully saturated rings. The van der Waals surface area contributed by atoms with Crippen LogP contribution in [0, 0.1) is 0 Å². The number of benzene rings is 2. The van der Waals surface area contributed by atoms with E-state index in [1.54, 1.807) is 6.20 Å². The van der Waals surface area contributed by atoms with Crippen molar-refractivity contribution in [2.45, 2.75) is 12.5 Å². The summed E-state index contributed by atoms with van der Waals surface area (Å²) in [5, 5.41) is 2.80. The molecule has 1 N–H and O–H groups in total. The first-order valence-corrected chi connectivity index (χ1v) is 8.39. The van der Waals surface area contributed by atoms with Gasteiger partial charge in [0.1, 0.15) is 12.4 Å². The molecule has 1 amide bonds. The Balaban J connectivity index is 1.76. The van der Waals surface area contributed by atoms with Crippen molar-refractivity contribution in [3.8, 4) is 0 Å². The Morgan fingerprint density at radius 2 is 1.85 bits per heavy atom. The molecule has 1 heterocycles. The maximum Gasteiger partial charge on any atom is 0.327 e. The highest BCUT2D eigenvalue weighted by Gasteiger charge is 2.26. The molecule has 2 aromatic carbocycles. The van der Waals surface area contributed by atoms with E-state index in [1.165, 1.54) is 17.1 Å². The second-order valence-electron chi connectivity index (χ2n) is 6.14. The zero-order valence-corrected chi connectivity index (χ0v) is 14.0. The maximum atomic E-state index is 12.8. The highest BCUT2D eigenvalue weighted by Crippen LogP contribution is 2.30. The summed E-state index contributed by atoms with van der Waals surface area (Å²) < 4.78 is 1.32. The third-order valence-corrected chi connectivity index (χ3v) is 4.46. The minimum Gasteiger partial charge on any atom is -0.324 e. The van der Waals surface area contributed by atoms with Gasteiger partial charge in [0.2, 0.25) is 0 Å². The van der Waals surface area contributed by atoms with Crippen LogP contribution in [0.2, 0.25) is 0 Å². The van der Waals surface area contributed by atoms with Gasteiger partial charge < -0.3 is 5.32 Å². The van der Waals surface area contributed by atoms with Crippen LogP contribution in [0.25, 0.3) is 5.57 Å². The van der Waals surface area contributed by atoms with E-state index in [0.717, 1.165) is 22.3 Å². The number of nitrogens with zero attached hydrogens (tertiary/aromatic N) is 2. The van der Waals surface area contributed by atoms with E-state index in [2.05, 4.69) is 10.3 Å². The predicted molar refractivity (Wildman–Crippen MR) is 98.6 cm³/mol. The highest BCUT2D eigenvalue weighted by molar-refractivity contribution is 5.98. The van der Waals surface area contributed by atoms with E-state index < -0.39 is 6.04 Å². The van der Waals surface area contributed by atoms with E-state index in [0.29, 0.717) is 0 Å². The maximum absolute atomic E-state index is 12.8. The van der Waals surface area contributed by atoms with E-state index in [1.807, 2.05) is 60.7 Å². The second-order valence-corrected chi connectivity index (χ2v) is 6.14. The molecule has 1 aromatic heterocycles. The molecule has 0 bridgehead atoms. The van der Waals surface area contributed by atoms with Crippen LogP contribution >= 0.6 is 0 Å². The number of carbonyl (C=O) groups excluding carboxylic acids is 2. The van der Waals surface area contributed by atoms with Crippen molar-refractivity contribution in [1.82, 2.24) is 14.9 Å². The topological polar surface area (TPSA) is 64.0 Å². The number of carbonyl (C=O) groups is 2. The fourth-order valence-corrected chi connectivity index (χ4v) is 3.16. The normalized spacial score (nSPS) is 16.4. The molecule has 1 aliphatic carbocycles. The van der Waals surface area contributed by atoms with Crippen LogP contribution in [0.15, 0.2) is 79.4 Å². The number of amides is 1. The van der Waals surface area contributed by atoms with Gasteiger partial charge in [-0.3, -0.25) is 9.36 Å². The monoisotopic (exact) mass is 343 g/mol. The molecule has 4 rings (SSSR count). The van der Waals surface area contributed by atoms with Gasteiger partial charge in [0.15, 0.2) is 5.78 Å². The zero-order chi connectivity index (χ0) is 17.9. The lowest BCUT2D eigenvalue weighted by Crippen LogP contribution is -2.41. The molecule has 0 saturated carbocycles. The first-order valence-electron chi connectivity index (χ1n) is 8.39. The molecule has 0 radical (unpaired) electrons. The second kappa shape index (κ2) is 6.80. The number of imidazole rings is 1. The van der Waals surface area contributed by atoms with Crippen LogP contribution in [0.3, 0.4) is 0 Å². The van der Waals surface area contributed by atoms with Gasteiger partial charge in [-0.2, -0.15) is 0 Å². The minimum atomic E-state index is -0.701. The minimum absolute atomic E-state index is 0.0446. The van der Waals surface area contributed by atoms with Crippen LogP contribution in [-0.4, -0.2) is 27.4 Å². The third kappa shape index (κ3) is 3.07. The van der Waals surface area contributed by atoms with Gasteiger partial charge in [0.05, 0.1) is 0 Å². The molecule has 0 saturated heterocycles. The van der Waals surface area contributed by atoms with Gasteiger partial charge in [0, 0.05) is 18.8 Å². The summed E-state index contributed by atoms with van der Waals surface area (Å²) in [6.07, 6.45) is 6.60. The molecule has 128 valence electrons. The van der Waals surface area contributed by atoms with Crippen LogP contribution in [-0.2, 0) is 11.2 Å². The Labute approximate surface area is 151 Å². The van der Waals surface area contributed by atoms with Crippen LogP contribution in [0.4, 0.5) is 4.79 Å². The molecule has 0 aliphatic heterocycles. The summed E-state index contributed by atoms with van der Waals surface area (Å²) in [6, 6.07) is 16.7. The number of ketones is 1. The Morgan fingerprint density at radius 3 is 2.62 bits per heavy atom. The molecule has 0 unspecified atom stereocenters. The molecule has 0 spiro atoms. The SMILES string of the molecule is O=C1Cc2ccccc2C(c2ccccc2)=C[C@@H]1NC(=O)n1ccnc1. The largest absolute Gasteiger partial charge is 0.327 e. The molecular weight excluding hydrogens is 326 g/mol. The van der Waals surface area contributed by atoms with Gasteiger partial charge in [-0.1, -0.05) is 54.6 Å². The summed E-state index contributed by atoms with van der Waals surface area (Å²) in [6.45, 7) is 0. The fraction of sp³-hybridized carbons (Fsp3) is 0.0952. The van der Waals surface area contributed by atoms with Crippen molar-refractivity contribution in [3.05, 3.63) is 96.1 Å². The van der Waals surface area contributed by atoms with Crippen molar-refractivity contribution in [3.63, 3.8) is 0 Å². The summed E-state index contributed by atoms with van der Waals surface area (Å²) in [4.78, 5) is 29.0. The fourth-order valence-electron chi connectivity index (χ4n) is 3.16. The van der Waals surface area contributed by atoms with Gasteiger partial charge in [-0.15, -0.1) is 0 Å². The Kier molecular flexibility index (Phi) is 4.19.